The second kappa shape index (κ2) is 6.28. The van der Waals surface area contributed by atoms with Gasteiger partial charge in [0.15, 0.2) is 0 Å². The van der Waals surface area contributed by atoms with E-state index in [1.54, 1.807) is 24.3 Å². The zero-order chi connectivity index (χ0) is 12.0. The van der Waals surface area contributed by atoms with E-state index in [0.717, 1.165) is 0 Å². The van der Waals surface area contributed by atoms with Crippen LogP contribution in [-0.4, -0.2) is 18.4 Å². The quantitative estimate of drug-likeness (QED) is 0.344. The second-order valence-electron chi connectivity index (χ2n) is 3.26. The van der Waals surface area contributed by atoms with Crippen LogP contribution in [0, 0.1) is 0 Å². The molecule has 0 aliphatic heterocycles. The van der Waals surface area contributed by atoms with Gasteiger partial charge < -0.3 is 4.74 Å². The van der Waals surface area contributed by atoms with E-state index < -0.39 is 11.8 Å². The summed E-state index contributed by atoms with van der Waals surface area (Å²) in [6.07, 6.45) is 0.691. The van der Waals surface area contributed by atoms with Gasteiger partial charge >= 0.3 is 5.97 Å². The third kappa shape index (κ3) is 3.07. The Labute approximate surface area is 99.4 Å². The fraction of sp³-hybridized carbons (Fsp3) is 0.333. The Morgan fingerprint density at radius 2 is 2.00 bits per heavy atom. The van der Waals surface area contributed by atoms with Gasteiger partial charge in [-0.25, -0.2) is 4.79 Å². The molecule has 3 nitrogen and oxygen atoms in total. The average Bonchev–Trinajstić information content (AvgIpc) is 2.34. The SMILES string of the molecule is CCCOC(=O)C(=O)c1ccccc1CCl. The Morgan fingerprint density at radius 1 is 1.31 bits per heavy atom. The van der Waals surface area contributed by atoms with Crippen molar-refractivity contribution in [3.63, 3.8) is 0 Å². The molecular formula is C12H13ClO3. The van der Waals surface area contributed by atoms with Crippen LogP contribution in [0.3, 0.4) is 0 Å². The molecule has 0 radical (unpaired) electrons. The number of ether oxygens (including phenoxy) is 1. The lowest BCUT2D eigenvalue weighted by molar-refractivity contribution is -0.138. The van der Waals surface area contributed by atoms with Gasteiger partial charge in [-0.2, -0.15) is 0 Å². The highest BCUT2D eigenvalue weighted by molar-refractivity contribution is 6.41. The molecule has 1 aromatic carbocycles. The first kappa shape index (κ1) is 12.7. The smallest absolute Gasteiger partial charge is 0.379 e. The molecule has 0 spiro atoms. The van der Waals surface area contributed by atoms with Gasteiger partial charge in [-0.3, -0.25) is 4.79 Å². The lowest BCUT2D eigenvalue weighted by Crippen LogP contribution is -2.19. The molecule has 0 fully saturated rings. The summed E-state index contributed by atoms with van der Waals surface area (Å²) in [6.45, 7) is 2.12. The number of Topliss-reactive ketones (excluding diaryl/α,β-unsaturated/α-hetero) is 1. The monoisotopic (exact) mass is 240 g/mol. The molecule has 0 unspecified atom stereocenters. The molecule has 0 heterocycles. The van der Waals surface area contributed by atoms with E-state index in [1.165, 1.54) is 0 Å². The first-order valence-electron chi connectivity index (χ1n) is 5.06. The van der Waals surface area contributed by atoms with Crippen LogP contribution < -0.4 is 0 Å². The molecule has 0 bridgehead atoms. The first-order valence-corrected chi connectivity index (χ1v) is 5.59. The van der Waals surface area contributed by atoms with Crippen molar-refractivity contribution in [3.8, 4) is 0 Å². The van der Waals surface area contributed by atoms with Crippen LogP contribution in [0.1, 0.15) is 29.3 Å². The fourth-order valence-electron chi connectivity index (χ4n) is 1.23. The van der Waals surface area contributed by atoms with Crippen LogP contribution in [0.15, 0.2) is 24.3 Å². The highest BCUT2D eigenvalue weighted by Crippen LogP contribution is 2.12. The molecule has 0 aliphatic carbocycles. The zero-order valence-electron chi connectivity index (χ0n) is 9.03. The van der Waals surface area contributed by atoms with Crippen LogP contribution in [0.25, 0.3) is 0 Å². The maximum absolute atomic E-state index is 11.7. The predicted molar refractivity (Wildman–Crippen MR) is 61.6 cm³/mol. The van der Waals surface area contributed by atoms with E-state index >= 15 is 0 Å². The highest BCUT2D eigenvalue weighted by atomic mass is 35.5. The van der Waals surface area contributed by atoms with Gasteiger partial charge in [-0.15, -0.1) is 11.6 Å². The molecule has 0 aromatic heterocycles. The molecule has 1 rings (SSSR count). The standard InChI is InChI=1S/C12H13ClO3/c1-2-7-16-12(15)11(14)10-6-4-3-5-9(10)8-13/h3-6H,2,7-8H2,1H3. The topological polar surface area (TPSA) is 43.4 Å². The number of alkyl halides is 1. The van der Waals surface area contributed by atoms with Crippen molar-refractivity contribution in [2.75, 3.05) is 6.61 Å². The molecule has 86 valence electrons. The largest absolute Gasteiger partial charge is 0.460 e. The van der Waals surface area contributed by atoms with Crippen molar-refractivity contribution in [3.05, 3.63) is 35.4 Å². The third-order valence-corrected chi connectivity index (χ3v) is 2.32. The van der Waals surface area contributed by atoms with Crippen LogP contribution in [-0.2, 0) is 15.4 Å². The van der Waals surface area contributed by atoms with E-state index in [9.17, 15) is 9.59 Å². The van der Waals surface area contributed by atoms with Crippen molar-refractivity contribution in [1.29, 1.82) is 0 Å². The van der Waals surface area contributed by atoms with Crippen LogP contribution in [0.5, 0.6) is 0 Å². The summed E-state index contributed by atoms with van der Waals surface area (Å²) in [4.78, 5) is 23.1. The van der Waals surface area contributed by atoms with Crippen molar-refractivity contribution < 1.29 is 14.3 Å². The first-order chi connectivity index (χ1) is 7.70. The summed E-state index contributed by atoms with van der Waals surface area (Å²) < 4.78 is 4.78. The Balaban J connectivity index is 2.83. The number of hydrogen-bond acceptors (Lipinski definition) is 3. The fourth-order valence-corrected chi connectivity index (χ4v) is 1.46. The molecule has 0 amide bonds. The van der Waals surface area contributed by atoms with Crippen LogP contribution in [0.4, 0.5) is 0 Å². The maximum atomic E-state index is 11.7. The number of esters is 1. The van der Waals surface area contributed by atoms with E-state index in [4.69, 9.17) is 16.3 Å². The number of carbonyl (C=O) groups is 2. The van der Waals surface area contributed by atoms with E-state index in [-0.39, 0.29) is 12.5 Å². The molecule has 16 heavy (non-hydrogen) atoms. The van der Waals surface area contributed by atoms with Gasteiger partial charge in [0, 0.05) is 11.4 Å². The van der Waals surface area contributed by atoms with Gasteiger partial charge in [-0.1, -0.05) is 31.2 Å². The minimum absolute atomic E-state index is 0.197. The highest BCUT2D eigenvalue weighted by Gasteiger charge is 2.19. The van der Waals surface area contributed by atoms with Gasteiger partial charge in [0.05, 0.1) is 6.61 Å². The summed E-state index contributed by atoms with van der Waals surface area (Å²) in [5, 5.41) is 0. The Kier molecular flexibility index (Phi) is 4.99. The summed E-state index contributed by atoms with van der Waals surface area (Å²) in [6, 6.07) is 6.75. The maximum Gasteiger partial charge on any atom is 0.379 e. The number of rotatable bonds is 5. The van der Waals surface area contributed by atoms with Gasteiger partial charge in [0.1, 0.15) is 0 Å². The lowest BCUT2D eigenvalue weighted by atomic mass is 10.1. The molecule has 0 N–H and O–H groups in total. The zero-order valence-corrected chi connectivity index (χ0v) is 9.79. The molecule has 4 heteroatoms. The third-order valence-electron chi connectivity index (χ3n) is 2.03. The predicted octanol–water partition coefficient (Wildman–Crippen LogP) is 2.56. The minimum atomic E-state index is -0.820. The van der Waals surface area contributed by atoms with Crippen LogP contribution in [0.2, 0.25) is 0 Å². The minimum Gasteiger partial charge on any atom is -0.460 e. The van der Waals surface area contributed by atoms with E-state index in [1.807, 2.05) is 6.92 Å². The number of benzene rings is 1. The Morgan fingerprint density at radius 3 is 2.62 bits per heavy atom. The molecular weight excluding hydrogens is 228 g/mol. The summed E-state index contributed by atoms with van der Waals surface area (Å²) in [7, 11) is 0. The van der Waals surface area contributed by atoms with Gasteiger partial charge in [-0.05, 0) is 12.0 Å². The molecule has 0 aliphatic rings. The average molecular weight is 241 g/mol. The van der Waals surface area contributed by atoms with Crippen molar-refractivity contribution >= 4 is 23.4 Å². The van der Waals surface area contributed by atoms with Crippen LogP contribution >= 0.6 is 11.6 Å². The van der Waals surface area contributed by atoms with Crippen molar-refractivity contribution in [1.82, 2.24) is 0 Å². The summed E-state index contributed by atoms with van der Waals surface area (Å²) in [5.41, 5.74) is 0.959. The van der Waals surface area contributed by atoms with Gasteiger partial charge in [0.25, 0.3) is 5.78 Å². The van der Waals surface area contributed by atoms with Crippen molar-refractivity contribution in [2.45, 2.75) is 19.2 Å². The van der Waals surface area contributed by atoms with E-state index in [0.29, 0.717) is 17.5 Å². The summed E-state index contributed by atoms with van der Waals surface area (Å²) in [5.74, 6) is -1.26. The normalized spacial score (nSPS) is 9.88. The summed E-state index contributed by atoms with van der Waals surface area (Å²) >= 11 is 5.68. The number of hydrogen-bond donors (Lipinski definition) is 0. The number of ketones is 1. The molecule has 0 saturated carbocycles. The Hall–Kier alpha value is -1.35. The molecule has 0 saturated heterocycles. The second-order valence-corrected chi connectivity index (χ2v) is 3.52. The Bertz CT molecular complexity index is 388. The van der Waals surface area contributed by atoms with Gasteiger partial charge in [0.2, 0.25) is 0 Å². The van der Waals surface area contributed by atoms with Crippen molar-refractivity contribution in [2.24, 2.45) is 0 Å². The molecule has 0 atom stereocenters. The number of halogens is 1. The lowest BCUT2D eigenvalue weighted by Gasteiger charge is -2.05. The number of carbonyl (C=O) groups excluding carboxylic acids is 2. The van der Waals surface area contributed by atoms with E-state index in [2.05, 4.69) is 0 Å². The molecule has 1 aromatic rings.